The third-order valence-electron chi connectivity index (χ3n) is 3.72. The van der Waals surface area contributed by atoms with Crippen molar-refractivity contribution in [3.63, 3.8) is 0 Å². The Bertz CT molecular complexity index is 417. The molecule has 3 N–H and O–H groups in total. The number of nitrogens with one attached hydrogen (secondary N) is 1. The van der Waals surface area contributed by atoms with Crippen molar-refractivity contribution in [2.75, 3.05) is 13.1 Å². The topological polar surface area (TPSA) is 41.3 Å². The fourth-order valence-corrected chi connectivity index (χ4v) is 3.04. The van der Waals surface area contributed by atoms with Crippen LogP contribution in [0.2, 0.25) is 10.0 Å². The van der Waals surface area contributed by atoms with Gasteiger partial charge in [-0.25, -0.2) is 0 Å². The van der Waals surface area contributed by atoms with Gasteiger partial charge in [0.05, 0.1) is 6.04 Å². The van der Waals surface area contributed by atoms with Gasteiger partial charge in [-0.3, -0.25) is 16.2 Å². The van der Waals surface area contributed by atoms with Gasteiger partial charge in [0.2, 0.25) is 0 Å². The van der Waals surface area contributed by atoms with E-state index in [4.69, 9.17) is 29.0 Å². The highest BCUT2D eigenvalue weighted by molar-refractivity contribution is 6.33. The number of hydrogen-bond donors (Lipinski definition) is 2. The van der Waals surface area contributed by atoms with Crippen LogP contribution in [0.25, 0.3) is 0 Å². The zero-order chi connectivity index (χ0) is 14.6. The first kappa shape index (κ1) is 16.7. The molecular formula is C14H23Cl2N3. The van der Waals surface area contributed by atoms with Crippen molar-refractivity contribution in [1.29, 1.82) is 0 Å². The number of nitrogens with zero attached hydrogens (tertiary/aromatic N) is 1. The summed E-state index contributed by atoms with van der Waals surface area (Å²) < 4.78 is 0. The molecule has 0 radical (unpaired) electrons. The van der Waals surface area contributed by atoms with E-state index in [1.807, 2.05) is 12.1 Å². The molecule has 3 nitrogen and oxygen atoms in total. The molecule has 1 atom stereocenters. The van der Waals surface area contributed by atoms with E-state index in [0.29, 0.717) is 10.0 Å². The fraction of sp³-hybridized carbons (Fsp3) is 0.571. The first-order valence-corrected chi connectivity index (χ1v) is 7.30. The van der Waals surface area contributed by atoms with Crippen LogP contribution in [0.1, 0.15) is 39.3 Å². The maximum atomic E-state index is 6.29. The molecule has 0 amide bonds. The molecule has 0 aromatic heterocycles. The van der Waals surface area contributed by atoms with Crippen LogP contribution >= 0.6 is 23.2 Å². The summed E-state index contributed by atoms with van der Waals surface area (Å²) in [5, 5.41) is 1.34. The second-order valence-electron chi connectivity index (χ2n) is 5.09. The van der Waals surface area contributed by atoms with Crippen LogP contribution in [0.4, 0.5) is 0 Å². The zero-order valence-electron chi connectivity index (χ0n) is 12.0. The summed E-state index contributed by atoms with van der Waals surface area (Å²) in [6.45, 7) is 10.5. The number of rotatable bonds is 6. The molecule has 0 aliphatic heterocycles. The Morgan fingerprint density at radius 3 is 2.32 bits per heavy atom. The maximum absolute atomic E-state index is 6.29. The molecular weight excluding hydrogens is 281 g/mol. The minimum absolute atomic E-state index is 0.0985. The minimum Gasteiger partial charge on any atom is -0.297 e. The lowest BCUT2D eigenvalue weighted by Gasteiger charge is -2.43. The summed E-state index contributed by atoms with van der Waals surface area (Å²) >= 11 is 12.4. The Labute approximate surface area is 126 Å². The van der Waals surface area contributed by atoms with E-state index in [-0.39, 0.29) is 11.6 Å². The van der Waals surface area contributed by atoms with Gasteiger partial charge in [0.25, 0.3) is 0 Å². The molecule has 0 aliphatic carbocycles. The van der Waals surface area contributed by atoms with Crippen LogP contribution in [-0.2, 0) is 0 Å². The van der Waals surface area contributed by atoms with Crippen molar-refractivity contribution >= 4 is 23.2 Å². The van der Waals surface area contributed by atoms with Crippen LogP contribution in [0, 0.1) is 0 Å². The van der Waals surface area contributed by atoms with Crippen molar-refractivity contribution in [2.24, 2.45) is 5.84 Å². The first-order chi connectivity index (χ1) is 8.88. The normalized spacial score (nSPS) is 13.9. The lowest BCUT2D eigenvalue weighted by molar-refractivity contribution is 0.0913. The summed E-state index contributed by atoms with van der Waals surface area (Å²) in [5.41, 5.74) is 3.64. The van der Waals surface area contributed by atoms with E-state index in [1.165, 1.54) is 0 Å². The average molecular weight is 304 g/mol. The molecule has 0 spiro atoms. The van der Waals surface area contributed by atoms with E-state index in [1.54, 1.807) is 6.07 Å². The van der Waals surface area contributed by atoms with Crippen LogP contribution in [0.3, 0.4) is 0 Å². The lowest BCUT2D eigenvalue weighted by atomic mass is 9.87. The highest BCUT2D eigenvalue weighted by atomic mass is 35.5. The van der Waals surface area contributed by atoms with Crippen LogP contribution in [-0.4, -0.2) is 23.5 Å². The average Bonchev–Trinajstić information content (AvgIpc) is 2.35. The summed E-state index contributed by atoms with van der Waals surface area (Å²) in [7, 11) is 0. The highest BCUT2D eigenvalue weighted by Gasteiger charge is 2.35. The van der Waals surface area contributed by atoms with E-state index in [0.717, 1.165) is 18.7 Å². The Morgan fingerprint density at radius 2 is 1.84 bits per heavy atom. The minimum atomic E-state index is -0.174. The third-order valence-corrected chi connectivity index (χ3v) is 4.30. The van der Waals surface area contributed by atoms with E-state index < -0.39 is 0 Å². The molecule has 19 heavy (non-hydrogen) atoms. The van der Waals surface area contributed by atoms with E-state index in [9.17, 15) is 0 Å². The molecule has 108 valence electrons. The number of hydrazine groups is 1. The molecule has 1 rings (SSSR count). The van der Waals surface area contributed by atoms with Gasteiger partial charge in [-0.1, -0.05) is 37.0 Å². The Hall–Kier alpha value is -0.320. The number of nitrogens with two attached hydrogens (primary N) is 1. The zero-order valence-corrected chi connectivity index (χ0v) is 13.5. The van der Waals surface area contributed by atoms with Gasteiger partial charge in [-0.15, -0.1) is 0 Å². The van der Waals surface area contributed by atoms with Crippen molar-refractivity contribution < 1.29 is 0 Å². The number of halogens is 2. The van der Waals surface area contributed by atoms with Gasteiger partial charge in [-0.2, -0.15) is 0 Å². The SMILES string of the molecule is CCN(CC)C(C)(C)C(NN)c1cc(Cl)ccc1Cl. The van der Waals surface area contributed by atoms with Crippen molar-refractivity contribution in [1.82, 2.24) is 10.3 Å². The molecule has 0 fully saturated rings. The van der Waals surface area contributed by atoms with Gasteiger partial charge in [0.1, 0.15) is 0 Å². The van der Waals surface area contributed by atoms with Crippen molar-refractivity contribution in [3.8, 4) is 0 Å². The smallest absolute Gasteiger partial charge is 0.0653 e. The van der Waals surface area contributed by atoms with Crippen molar-refractivity contribution in [2.45, 2.75) is 39.3 Å². The molecule has 0 aliphatic rings. The molecule has 1 unspecified atom stereocenters. The van der Waals surface area contributed by atoms with Crippen LogP contribution < -0.4 is 11.3 Å². The predicted molar refractivity (Wildman–Crippen MR) is 83.5 cm³/mol. The highest BCUT2D eigenvalue weighted by Crippen LogP contribution is 2.35. The van der Waals surface area contributed by atoms with Gasteiger partial charge >= 0.3 is 0 Å². The standard InChI is InChI=1S/C14H23Cl2N3/c1-5-19(6-2)14(3,4)13(18-17)11-9-10(15)7-8-12(11)16/h7-9,13,18H,5-6,17H2,1-4H3. The van der Waals surface area contributed by atoms with E-state index in [2.05, 4.69) is 38.0 Å². The van der Waals surface area contributed by atoms with Crippen molar-refractivity contribution in [3.05, 3.63) is 33.8 Å². The number of hydrogen-bond acceptors (Lipinski definition) is 3. The Kier molecular flexibility index (Phi) is 6.09. The molecule has 1 aromatic carbocycles. The number of benzene rings is 1. The molecule has 5 heteroatoms. The van der Waals surface area contributed by atoms with Gasteiger partial charge < -0.3 is 0 Å². The van der Waals surface area contributed by atoms with Gasteiger partial charge in [-0.05, 0) is 50.7 Å². The fourth-order valence-electron chi connectivity index (χ4n) is 2.63. The Morgan fingerprint density at radius 1 is 1.26 bits per heavy atom. The van der Waals surface area contributed by atoms with E-state index >= 15 is 0 Å². The first-order valence-electron chi connectivity index (χ1n) is 6.54. The van der Waals surface area contributed by atoms with Crippen LogP contribution in [0.15, 0.2) is 18.2 Å². The number of likely N-dealkylation sites (N-methyl/N-ethyl adjacent to an activating group) is 1. The maximum Gasteiger partial charge on any atom is 0.0653 e. The third kappa shape index (κ3) is 3.61. The molecule has 0 saturated heterocycles. The second kappa shape index (κ2) is 6.91. The quantitative estimate of drug-likeness (QED) is 0.623. The molecule has 0 heterocycles. The predicted octanol–water partition coefficient (Wildman–Crippen LogP) is 3.62. The molecule has 0 bridgehead atoms. The summed E-state index contributed by atoms with van der Waals surface area (Å²) in [6, 6.07) is 5.37. The monoisotopic (exact) mass is 303 g/mol. The Balaban J connectivity index is 3.22. The van der Waals surface area contributed by atoms with Gasteiger partial charge in [0, 0.05) is 15.6 Å². The second-order valence-corrected chi connectivity index (χ2v) is 5.94. The van der Waals surface area contributed by atoms with Crippen LogP contribution in [0.5, 0.6) is 0 Å². The summed E-state index contributed by atoms with van der Waals surface area (Å²) in [6.07, 6.45) is 0. The van der Waals surface area contributed by atoms with Gasteiger partial charge in [0.15, 0.2) is 0 Å². The lowest BCUT2D eigenvalue weighted by Crippen LogP contribution is -2.54. The summed E-state index contributed by atoms with van der Waals surface area (Å²) in [4.78, 5) is 2.34. The molecule has 0 saturated carbocycles. The summed E-state index contributed by atoms with van der Waals surface area (Å²) in [5.74, 6) is 5.78. The molecule has 1 aromatic rings. The largest absolute Gasteiger partial charge is 0.297 e.